The maximum atomic E-state index is 13.5. The van der Waals surface area contributed by atoms with E-state index in [1.54, 1.807) is 6.07 Å². The number of hydrogen-bond donors (Lipinski definition) is 1. The van der Waals surface area contributed by atoms with Gasteiger partial charge in [0.1, 0.15) is 17.5 Å². The Morgan fingerprint density at radius 1 is 1.47 bits per heavy atom. The highest BCUT2D eigenvalue weighted by Gasteiger charge is 2.37. The van der Waals surface area contributed by atoms with E-state index in [1.807, 2.05) is 11.0 Å². The zero-order valence-electron chi connectivity index (χ0n) is 8.16. The number of carbonyl (C=O) groups is 1. The lowest BCUT2D eigenvalue weighted by Crippen LogP contribution is -2.44. The number of nitrogens with zero attached hydrogens (tertiary/aromatic N) is 1. The van der Waals surface area contributed by atoms with Gasteiger partial charge in [0.2, 0.25) is 5.91 Å². The molecule has 1 amide bonds. The fourth-order valence-electron chi connectivity index (χ4n) is 2.41. The SMILES string of the molecule is O=C1Nc2c(F)cccc2N2CCCC12. The molecule has 2 heterocycles. The van der Waals surface area contributed by atoms with E-state index < -0.39 is 0 Å². The Morgan fingerprint density at radius 3 is 3.20 bits per heavy atom. The minimum Gasteiger partial charge on any atom is -0.358 e. The number of anilines is 2. The summed E-state index contributed by atoms with van der Waals surface area (Å²) in [5.74, 6) is -0.434. The van der Waals surface area contributed by atoms with Gasteiger partial charge in [-0.2, -0.15) is 0 Å². The summed E-state index contributed by atoms with van der Waals surface area (Å²) in [5.41, 5.74) is 1.15. The highest BCUT2D eigenvalue weighted by molar-refractivity contribution is 6.04. The number of para-hydroxylation sites is 1. The van der Waals surface area contributed by atoms with Gasteiger partial charge < -0.3 is 10.2 Å². The number of benzene rings is 1. The van der Waals surface area contributed by atoms with Crippen molar-refractivity contribution in [1.29, 1.82) is 0 Å². The molecule has 2 aliphatic heterocycles. The third-order valence-electron chi connectivity index (χ3n) is 3.10. The molecule has 1 aromatic carbocycles. The summed E-state index contributed by atoms with van der Waals surface area (Å²) in [4.78, 5) is 13.7. The van der Waals surface area contributed by atoms with Crippen LogP contribution in [0.1, 0.15) is 12.8 Å². The van der Waals surface area contributed by atoms with Crippen LogP contribution in [0.25, 0.3) is 0 Å². The van der Waals surface area contributed by atoms with Crippen LogP contribution in [0.4, 0.5) is 15.8 Å². The summed E-state index contributed by atoms with van der Waals surface area (Å²) < 4.78 is 13.5. The fraction of sp³-hybridized carbons (Fsp3) is 0.364. The highest BCUT2D eigenvalue weighted by atomic mass is 19.1. The van der Waals surface area contributed by atoms with Crippen LogP contribution in [0, 0.1) is 5.82 Å². The van der Waals surface area contributed by atoms with Gasteiger partial charge in [-0.15, -0.1) is 0 Å². The molecular weight excluding hydrogens is 195 g/mol. The predicted molar refractivity (Wildman–Crippen MR) is 55.4 cm³/mol. The minimum atomic E-state index is -0.355. The predicted octanol–water partition coefficient (Wildman–Crippen LogP) is 1.75. The summed E-state index contributed by atoms with van der Waals surface area (Å²) in [6.07, 6.45) is 1.86. The van der Waals surface area contributed by atoms with E-state index in [0.717, 1.165) is 25.1 Å². The molecular formula is C11H11FN2O. The number of carbonyl (C=O) groups excluding carboxylic acids is 1. The number of hydrogen-bond acceptors (Lipinski definition) is 2. The smallest absolute Gasteiger partial charge is 0.247 e. The summed E-state index contributed by atoms with van der Waals surface area (Å²) in [7, 11) is 0. The Balaban J connectivity index is 2.15. The van der Waals surface area contributed by atoms with Gasteiger partial charge in [0.15, 0.2) is 0 Å². The van der Waals surface area contributed by atoms with E-state index in [4.69, 9.17) is 0 Å². The van der Waals surface area contributed by atoms with E-state index >= 15 is 0 Å². The molecule has 0 bridgehead atoms. The van der Waals surface area contributed by atoms with Crippen molar-refractivity contribution in [3.63, 3.8) is 0 Å². The third kappa shape index (κ3) is 1.14. The fourth-order valence-corrected chi connectivity index (χ4v) is 2.41. The molecule has 15 heavy (non-hydrogen) atoms. The molecule has 1 atom stereocenters. The van der Waals surface area contributed by atoms with E-state index in [9.17, 15) is 9.18 Å². The lowest BCUT2D eigenvalue weighted by Gasteiger charge is -2.32. The molecule has 1 saturated heterocycles. The number of halogens is 1. The van der Waals surface area contributed by atoms with Crippen LogP contribution in [-0.2, 0) is 4.79 Å². The van der Waals surface area contributed by atoms with E-state index in [0.29, 0.717) is 5.69 Å². The second-order valence-electron chi connectivity index (χ2n) is 3.97. The summed E-state index contributed by atoms with van der Waals surface area (Å²) in [5, 5.41) is 2.64. The second-order valence-corrected chi connectivity index (χ2v) is 3.97. The third-order valence-corrected chi connectivity index (χ3v) is 3.10. The highest BCUT2D eigenvalue weighted by Crippen LogP contribution is 2.37. The Kier molecular flexibility index (Phi) is 1.71. The maximum absolute atomic E-state index is 13.5. The monoisotopic (exact) mass is 206 g/mol. The van der Waals surface area contributed by atoms with Crippen LogP contribution in [0.5, 0.6) is 0 Å². The van der Waals surface area contributed by atoms with Gasteiger partial charge in [-0.3, -0.25) is 4.79 Å². The van der Waals surface area contributed by atoms with Crippen molar-refractivity contribution in [3.05, 3.63) is 24.0 Å². The molecule has 1 aromatic rings. The molecule has 3 nitrogen and oxygen atoms in total. The van der Waals surface area contributed by atoms with Crippen LogP contribution >= 0.6 is 0 Å². The van der Waals surface area contributed by atoms with Crippen molar-refractivity contribution in [2.45, 2.75) is 18.9 Å². The first-order valence-electron chi connectivity index (χ1n) is 5.13. The molecule has 78 valence electrons. The average Bonchev–Trinajstić information content (AvgIpc) is 2.69. The topological polar surface area (TPSA) is 32.3 Å². The Bertz CT molecular complexity index is 433. The van der Waals surface area contributed by atoms with Crippen LogP contribution < -0.4 is 10.2 Å². The molecule has 1 fully saturated rings. The molecule has 0 aromatic heterocycles. The summed E-state index contributed by atoms with van der Waals surface area (Å²) in [6.45, 7) is 0.842. The maximum Gasteiger partial charge on any atom is 0.247 e. The first-order chi connectivity index (χ1) is 7.27. The Hall–Kier alpha value is -1.58. The van der Waals surface area contributed by atoms with Crippen molar-refractivity contribution in [1.82, 2.24) is 0 Å². The normalized spacial score (nSPS) is 23.4. The Labute approximate surface area is 86.9 Å². The molecule has 1 N–H and O–H groups in total. The van der Waals surface area contributed by atoms with Gasteiger partial charge >= 0.3 is 0 Å². The van der Waals surface area contributed by atoms with Crippen molar-refractivity contribution in [2.75, 3.05) is 16.8 Å². The standard InChI is InChI=1S/C11H11FN2O/c12-7-3-1-4-8-10(7)13-11(15)9-5-2-6-14(8)9/h1,3-4,9H,2,5-6H2,(H,13,15). The molecule has 2 aliphatic rings. The largest absolute Gasteiger partial charge is 0.358 e. The number of nitrogens with one attached hydrogen (secondary N) is 1. The van der Waals surface area contributed by atoms with Gasteiger partial charge in [0.05, 0.1) is 5.69 Å². The number of amides is 1. The first kappa shape index (κ1) is 8.71. The van der Waals surface area contributed by atoms with Gasteiger partial charge in [-0.05, 0) is 25.0 Å². The van der Waals surface area contributed by atoms with E-state index in [-0.39, 0.29) is 17.8 Å². The van der Waals surface area contributed by atoms with Crippen LogP contribution in [0.3, 0.4) is 0 Å². The Morgan fingerprint density at radius 2 is 2.33 bits per heavy atom. The second kappa shape index (κ2) is 2.95. The van der Waals surface area contributed by atoms with Crippen LogP contribution in [0.15, 0.2) is 18.2 Å². The lowest BCUT2D eigenvalue weighted by atomic mass is 10.1. The average molecular weight is 206 g/mol. The quantitative estimate of drug-likeness (QED) is 0.701. The van der Waals surface area contributed by atoms with E-state index in [2.05, 4.69) is 5.32 Å². The number of fused-ring (bicyclic) bond motifs is 3. The van der Waals surface area contributed by atoms with Crippen LogP contribution in [0.2, 0.25) is 0 Å². The molecule has 0 radical (unpaired) electrons. The summed E-state index contributed by atoms with van der Waals surface area (Å²) in [6, 6.07) is 4.81. The summed E-state index contributed by atoms with van der Waals surface area (Å²) >= 11 is 0. The molecule has 1 unspecified atom stereocenters. The van der Waals surface area contributed by atoms with Gasteiger partial charge in [0, 0.05) is 6.54 Å². The van der Waals surface area contributed by atoms with Gasteiger partial charge in [-0.25, -0.2) is 4.39 Å². The lowest BCUT2D eigenvalue weighted by molar-refractivity contribution is -0.117. The van der Waals surface area contributed by atoms with E-state index in [1.165, 1.54) is 6.07 Å². The van der Waals surface area contributed by atoms with Gasteiger partial charge in [-0.1, -0.05) is 6.07 Å². The zero-order valence-corrected chi connectivity index (χ0v) is 8.16. The molecule has 4 heteroatoms. The van der Waals surface area contributed by atoms with Crippen molar-refractivity contribution in [3.8, 4) is 0 Å². The van der Waals surface area contributed by atoms with Crippen molar-refractivity contribution >= 4 is 17.3 Å². The zero-order chi connectivity index (χ0) is 10.4. The van der Waals surface area contributed by atoms with Gasteiger partial charge in [0.25, 0.3) is 0 Å². The molecule has 0 saturated carbocycles. The first-order valence-corrected chi connectivity index (χ1v) is 5.13. The molecule has 0 aliphatic carbocycles. The van der Waals surface area contributed by atoms with Crippen molar-refractivity contribution in [2.24, 2.45) is 0 Å². The van der Waals surface area contributed by atoms with Crippen LogP contribution in [-0.4, -0.2) is 18.5 Å². The number of rotatable bonds is 0. The molecule has 0 spiro atoms. The molecule has 3 rings (SSSR count). The minimum absolute atomic E-state index is 0.0786. The van der Waals surface area contributed by atoms with Crippen molar-refractivity contribution < 1.29 is 9.18 Å².